The predicted molar refractivity (Wildman–Crippen MR) is 102 cm³/mol. The number of aryl methyl sites for hydroxylation is 2. The Hall–Kier alpha value is -2.66. The van der Waals surface area contributed by atoms with Crippen molar-refractivity contribution >= 4 is 22.9 Å². The molecule has 0 unspecified atom stereocenters. The van der Waals surface area contributed by atoms with Gasteiger partial charge in [0.1, 0.15) is 12.4 Å². The van der Waals surface area contributed by atoms with Gasteiger partial charge in [-0.3, -0.25) is 4.79 Å². The molecule has 5 heteroatoms. The zero-order valence-corrected chi connectivity index (χ0v) is 15.3. The molecule has 0 fully saturated rings. The van der Waals surface area contributed by atoms with Crippen molar-refractivity contribution in [3.63, 3.8) is 0 Å². The van der Waals surface area contributed by atoms with Gasteiger partial charge in [0.15, 0.2) is 0 Å². The molecule has 4 nitrogen and oxygen atoms in total. The third-order valence-corrected chi connectivity index (χ3v) is 4.68. The zero-order chi connectivity index (χ0) is 17.8. The van der Waals surface area contributed by atoms with E-state index in [4.69, 9.17) is 4.74 Å². The summed E-state index contributed by atoms with van der Waals surface area (Å²) in [4.78, 5) is 18.7. The predicted octanol–water partition coefficient (Wildman–Crippen LogP) is 4.62. The highest BCUT2D eigenvalue weighted by molar-refractivity contribution is 7.09. The van der Waals surface area contributed by atoms with Crippen molar-refractivity contribution < 1.29 is 9.53 Å². The fourth-order valence-electron chi connectivity index (χ4n) is 2.43. The van der Waals surface area contributed by atoms with Crippen LogP contribution in [0.2, 0.25) is 0 Å². The summed E-state index contributed by atoms with van der Waals surface area (Å²) in [5, 5.41) is 3.00. The summed E-state index contributed by atoms with van der Waals surface area (Å²) in [6.07, 6.45) is 0. The molecule has 0 saturated carbocycles. The number of benzene rings is 2. The molecule has 25 heavy (non-hydrogen) atoms. The highest BCUT2D eigenvalue weighted by atomic mass is 32.1. The van der Waals surface area contributed by atoms with Crippen molar-refractivity contribution in [3.8, 4) is 5.75 Å². The number of aromatic nitrogens is 1. The Morgan fingerprint density at radius 2 is 1.92 bits per heavy atom. The van der Waals surface area contributed by atoms with E-state index < -0.39 is 0 Å². The van der Waals surface area contributed by atoms with Crippen LogP contribution in [-0.4, -0.2) is 17.9 Å². The third-order valence-electron chi connectivity index (χ3n) is 3.86. The van der Waals surface area contributed by atoms with Crippen LogP contribution in [0, 0.1) is 13.8 Å². The van der Waals surface area contributed by atoms with Gasteiger partial charge in [-0.1, -0.05) is 23.8 Å². The van der Waals surface area contributed by atoms with E-state index in [-0.39, 0.29) is 5.91 Å². The van der Waals surface area contributed by atoms with Crippen LogP contribution in [0.1, 0.15) is 26.6 Å². The second kappa shape index (κ2) is 7.49. The van der Waals surface area contributed by atoms with Gasteiger partial charge in [-0.2, -0.15) is 0 Å². The van der Waals surface area contributed by atoms with E-state index in [2.05, 4.69) is 4.98 Å². The maximum atomic E-state index is 12.7. The van der Waals surface area contributed by atoms with Crippen LogP contribution in [0.25, 0.3) is 0 Å². The number of hydrogen-bond donors (Lipinski definition) is 0. The molecule has 3 aromatic rings. The quantitative estimate of drug-likeness (QED) is 0.673. The first-order valence-corrected chi connectivity index (χ1v) is 8.89. The molecule has 1 aromatic heterocycles. The standard InChI is InChI=1S/C20H20N2O2S/c1-14-7-9-18(10-8-14)22(3)20(23)16-5-4-6-19(11-16)24-12-17-13-25-15(2)21-17/h4-11,13H,12H2,1-3H3. The van der Waals surface area contributed by atoms with Crippen LogP contribution in [0.4, 0.5) is 5.69 Å². The summed E-state index contributed by atoms with van der Waals surface area (Å²) in [6, 6.07) is 15.1. The maximum Gasteiger partial charge on any atom is 0.258 e. The van der Waals surface area contributed by atoms with Crippen LogP contribution in [0.5, 0.6) is 5.75 Å². The highest BCUT2D eigenvalue weighted by Gasteiger charge is 2.14. The summed E-state index contributed by atoms with van der Waals surface area (Å²) in [7, 11) is 1.78. The third kappa shape index (κ3) is 4.25. The minimum absolute atomic E-state index is 0.0706. The van der Waals surface area contributed by atoms with Gasteiger partial charge in [0.25, 0.3) is 5.91 Å². The number of carbonyl (C=O) groups is 1. The van der Waals surface area contributed by atoms with Crippen molar-refractivity contribution in [2.24, 2.45) is 0 Å². The number of anilines is 1. The minimum Gasteiger partial charge on any atom is -0.487 e. The molecular formula is C20H20N2O2S. The second-order valence-corrected chi connectivity index (χ2v) is 6.94. The molecule has 0 aliphatic rings. The van der Waals surface area contributed by atoms with Crippen molar-refractivity contribution in [2.75, 3.05) is 11.9 Å². The van der Waals surface area contributed by atoms with E-state index in [0.717, 1.165) is 22.0 Å². The smallest absolute Gasteiger partial charge is 0.258 e. The van der Waals surface area contributed by atoms with Gasteiger partial charge in [-0.05, 0) is 44.2 Å². The average molecular weight is 352 g/mol. The Morgan fingerprint density at radius 3 is 2.60 bits per heavy atom. The van der Waals surface area contributed by atoms with Crippen molar-refractivity contribution in [2.45, 2.75) is 20.5 Å². The summed E-state index contributed by atoms with van der Waals surface area (Å²) >= 11 is 1.60. The molecule has 0 atom stereocenters. The lowest BCUT2D eigenvalue weighted by Gasteiger charge is -2.18. The number of thiazole rings is 1. The van der Waals surface area contributed by atoms with Crippen LogP contribution >= 0.6 is 11.3 Å². The fourth-order valence-corrected chi connectivity index (χ4v) is 3.03. The number of amides is 1. The molecule has 0 bridgehead atoms. The first kappa shape index (κ1) is 17.2. The lowest BCUT2D eigenvalue weighted by atomic mass is 10.1. The number of nitrogens with zero attached hydrogens (tertiary/aromatic N) is 2. The molecule has 128 valence electrons. The molecule has 3 rings (SSSR count). The molecule has 0 aliphatic carbocycles. The largest absolute Gasteiger partial charge is 0.487 e. The summed E-state index contributed by atoms with van der Waals surface area (Å²) in [6.45, 7) is 4.39. The van der Waals surface area contributed by atoms with Gasteiger partial charge in [-0.15, -0.1) is 11.3 Å². The molecule has 2 aromatic carbocycles. The van der Waals surface area contributed by atoms with E-state index in [1.807, 2.05) is 55.6 Å². The molecular weight excluding hydrogens is 332 g/mol. The van der Waals surface area contributed by atoms with Crippen molar-refractivity contribution in [1.82, 2.24) is 4.98 Å². The monoisotopic (exact) mass is 352 g/mol. The van der Waals surface area contributed by atoms with Gasteiger partial charge in [0.2, 0.25) is 0 Å². The number of ether oxygens (including phenoxy) is 1. The number of rotatable bonds is 5. The Morgan fingerprint density at radius 1 is 1.16 bits per heavy atom. The minimum atomic E-state index is -0.0706. The first-order valence-electron chi connectivity index (χ1n) is 8.01. The summed E-state index contributed by atoms with van der Waals surface area (Å²) < 4.78 is 5.77. The van der Waals surface area contributed by atoms with Gasteiger partial charge in [0.05, 0.1) is 10.7 Å². The van der Waals surface area contributed by atoms with Gasteiger partial charge >= 0.3 is 0 Å². The Bertz CT molecular complexity index is 871. The molecule has 1 amide bonds. The molecule has 0 spiro atoms. The van der Waals surface area contributed by atoms with Crippen LogP contribution in [0.3, 0.4) is 0 Å². The maximum absolute atomic E-state index is 12.7. The fraction of sp³-hybridized carbons (Fsp3) is 0.200. The van der Waals surface area contributed by atoms with E-state index in [9.17, 15) is 4.79 Å². The van der Waals surface area contributed by atoms with Gasteiger partial charge < -0.3 is 9.64 Å². The Labute approximate surface area is 151 Å². The molecule has 0 aliphatic heterocycles. The number of hydrogen-bond acceptors (Lipinski definition) is 4. The first-order chi connectivity index (χ1) is 12.0. The second-order valence-electron chi connectivity index (χ2n) is 5.87. The lowest BCUT2D eigenvalue weighted by molar-refractivity contribution is 0.0992. The topological polar surface area (TPSA) is 42.4 Å². The van der Waals surface area contributed by atoms with E-state index >= 15 is 0 Å². The molecule has 0 N–H and O–H groups in total. The van der Waals surface area contributed by atoms with Crippen LogP contribution in [-0.2, 0) is 6.61 Å². The molecule has 1 heterocycles. The molecule has 0 radical (unpaired) electrons. The van der Waals surface area contributed by atoms with Gasteiger partial charge in [-0.25, -0.2) is 4.98 Å². The lowest BCUT2D eigenvalue weighted by Crippen LogP contribution is -2.26. The normalized spacial score (nSPS) is 10.5. The van der Waals surface area contributed by atoms with E-state index in [0.29, 0.717) is 17.9 Å². The van der Waals surface area contributed by atoms with Crippen LogP contribution < -0.4 is 9.64 Å². The SMILES string of the molecule is Cc1ccc(N(C)C(=O)c2cccc(OCc3csc(C)n3)c2)cc1. The van der Waals surface area contributed by atoms with Crippen LogP contribution in [0.15, 0.2) is 53.9 Å². The summed E-state index contributed by atoms with van der Waals surface area (Å²) in [5.74, 6) is 0.590. The Balaban J connectivity index is 1.71. The van der Waals surface area contributed by atoms with Gasteiger partial charge in [0, 0.05) is 23.7 Å². The zero-order valence-electron chi connectivity index (χ0n) is 14.5. The van der Waals surface area contributed by atoms with Crippen molar-refractivity contribution in [3.05, 3.63) is 75.7 Å². The number of carbonyl (C=O) groups excluding carboxylic acids is 1. The van der Waals surface area contributed by atoms with E-state index in [1.54, 1.807) is 35.4 Å². The van der Waals surface area contributed by atoms with E-state index in [1.165, 1.54) is 0 Å². The Kier molecular flexibility index (Phi) is 5.14. The van der Waals surface area contributed by atoms with Crippen molar-refractivity contribution in [1.29, 1.82) is 0 Å². The molecule has 0 saturated heterocycles. The average Bonchev–Trinajstić information content (AvgIpc) is 3.05. The highest BCUT2D eigenvalue weighted by Crippen LogP contribution is 2.20. The summed E-state index contributed by atoms with van der Waals surface area (Å²) in [5.41, 5.74) is 3.52.